The number of unbranched alkanes of at least 4 members (excludes halogenated alkanes) is 3. The Hall–Kier alpha value is -1.58. The van der Waals surface area contributed by atoms with Crippen LogP contribution in [0.15, 0.2) is 12.1 Å². The van der Waals surface area contributed by atoms with E-state index in [-0.39, 0.29) is 11.3 Å². The first-order valence-electron chi connectivity index (χ1n) is 7.41. The molecule has 0 fully saturated rings. The summed E-state index contributed by atoms with van der Waals surface area (Å²) in [7, 11) is 0. The van der Waals surface area contributed by atoms with Gasteiger partial charge in [0.2, 0.25) is 0 Å². The molecule has 0 spiro atoms. The average molecular weight is 277 g/mol. The van der Waals surface area contributed by atoms with Crippen LogP contribution >= 0.6 is 0 Å². The fraction of sp³-hybridized carbons (Fsp3) is 0.625. The van der Waals surface area contributed by atoms with Gasteiger partial charge in [0.25, 0.3) is 5.91 Å². The average Bonchev–Trinajstić information content (AvgIpc) is 2.36. The number of anilines is 1. The minimum Gasteiger partial charge on any atom is -0.384 e. The molecule has 1 rings (SSSR count). The molecule has 0 bridgehead atoms. The molecule has 1 amide bonds. The van der Waals surface area contributed by atoms with E-state index < -0.39 is 0 Å². The van der Waals surface area contributed by atoms with Crippen molar-refractivity contribution in [3.8, 4) is 0 Å². The normalized spacial score (nSPS) is 11.4. The number of rotatable bonds is 6. The van der Waals surface area contributed by atoms with Crippen molar-refractivity contribution >= 4 is 11.7 Å². The Kier molecular flexibility index (Phi) is 5.99. The van der Waals surface area contributed by atoms with E-state index in [4.69, 9.17) is 5.73 Å². The van der Waals surface area contributed by atoms with Gasteiger partial charge in [-0.25, -0.2) is 4.98 Å². The molecule has 0 unspecified atom stereocenters. The van der Waals surface area contributed by atoms with Crippen molar-refractivity contribution in [3.63, 3.8) is 0 Å². The molecule has 0 aliphatic carbocycles. The van der Waals surface area contributed by atoms with Crippen molar-refractivity contribution in [2.24, 2.45) is 0 Å². The summed E-state index contributed by atoms with van der Waals surface area (Å²) in [5.74, 6) is 0.328. The summed E-state index contributed by atoms with van der Waals surface area (Å²) in [6.45, 7) is 9.06. The molecule has 0 aliphatic heterocycles. The molecule has 4 nitrogen and oxygen atoms in total. The van der Waals surface area contributed by atoms with E-state index in [0.717, 1.165) is 18.5 Å². The zero-order chi connectivity index (χ0) is 15.2. The Balaban J connectivity index is 2.66. The van der Waals surface area contributed by atoms with E-state index in [9.17, 15) is 4.79 Å². The molecule has 0 radical (unpaired) electrons. The minimum atomic E-state index is -0.120. The Morgan fingerprint density at radius 1 is 1.25 bits per heavy atom. The van der Waals surface area contributed by atoms with Gasteiger partial charge in [0.05, 0.1) is 0 Å². The highest BCUT2D eigenvalue weighted by Crippen LogP contribution is 2.22. The molecule has 0 atom stereocenters. The molecular formula is C16H27N3O. The third kappa shape index (κ3) is 5.19. The maximum atomic E-state index is 12.1. The number of aromatic nitrogens is 1. The quantitative estimate of drug-likeness (QED) is 0.784. The minimum absolute atomic E-state index is 0.0684. The van der Waals surface area contributed by atoms with Crippen LogP contribution in [0.4, 0.5) is 5.82 Å². The van der Waals surface area contributed by atoms with Crippen molar-refractivity contribution in [3.05, 3.63) is 23.4 Å². The molecule has 0 aliphatic rings. The number of nitrogens with one attached hydrogen (secondary N) is 1. The van der Waals surface area contributed by atoms with Gasteiger partial charge in [-0.15, -0.1) is 0 Å². The van der Waals surface area contributed by atoms with Gasteiger partial charge in [-0.2, -0.15) is 0 Å². The van der Waals surface area contributed by atoms with E-state index in [2.05, 4.69) is 38.0 Å². The van der Waals surface area contributed by atoms with E-state index >= 15 is 0 Å². The standard InChI is InChI=1S/C16H27N3O/c1-5-6-7-8-9-18-15(20)12-10-13(16(2,3)4)19-14(17)11-12/h10-11H,5-9H2,1-4H3,(H2,17,19)(H,18,20). The molecule has 1 heterocycles. The second-order valence-electron chi connectivity index (χ2n) is 6.23. The van der Waals surface area contributed by atoms with E-state index in [1.807, 2.05) is 6.07 Å². The van der Waals surface area contributed by atoms with Gasteiger partial charge < -0.3 is 11.1 Å². The number of nitrogen functional groups attached to an aromatic ring is 1. The van der Waals surface area contributed by atoms with Crippen LogP contribution in [0.1, 0.15) is 69.4 Å². The first-order valence-corrected chi connectivity index (χ1v) is 7.41. The largest absolute Gasteiger partial charge is 0.384 e. The number of hydrogen-bond donors (Lipinski definition) is 2. The highest BCUT2D eigenvalue weighted by molar-refractivity contribution is 5.94. The number of nitrogens with zero attached hydrogens (tertiary/aromatic N) is 1. The zero-order valence-corrected chi connectivity index (χ0v) is 13.1. The monoisotopic (exact) mass is 277 g/mol. The number of amides is 1. The van der Waals surface area contributed by atoms with E-state index in [0.29, 0.717) is 17.9 Å². The Labute approximate surface area is 122 Å². The summed E-state index contributed by atoms with van der Waals surface area (Å²) in [5.41, 5.74) is 7.11. The van der Waals surface area contributed by atoms with Gasteiger partial charge in [0.15, 0.2) is 0 Å². The molecule has 1 aromatic heterocycles. The second kappa shape index (κ2) is 7.27. The summed E-state index contributed by atoms with van der Waals surface area (Å²) in [6, 6.07) is 3.47. The lowest BCUT2D eigenvalue weighted by molar-refractivity contribution is 0.0952. The van der Waals surface area contributed by atoms with Crippen molar-refractivity contribution < 1.29 is 4.79 Å². The fourth-order valence-electron chi connectivity index (χ4n) is 1.92. The highest BCUT2D eigenvalue weighted by Gasteiger charge is 2.18. The summed E-state index contributed by atoms with van der Waals surface area (Å²) in [6.07, 6.45) is 4.59. The predicted octanol–water partition coefficient (Wildman–Crippen LogP) is 3.27. The van der Waals surface area contributed by atoms with Crippen molar-refractivity contribution in [1.29, 1.82) is 0 Å². The lowest BCUT2D eigenvalue weighted by atomic mass is 9.90. The smallest absolute Gasteiger partial charge is 0.251 e. The SMILES string of the molecule is CCCCCCNC(=O)c1cc(N)nc(C(C)(C)C)c1. The zero-order valence-electron chi connectivity index (χ0n) is 13.1. The van der Waals surface area contributed by atoms with Crippen LogP contribution in [-0.4, -0.2) is 17.4 Å². The van der Waals surface area contributed by atoms with Crippen LogP contribution in [-0.2, 0) is 5.41 Å². The topological polar surface area (TPSA) is 68.0 Å². The van der Waals surface area contributed by atoms with Crippen LogP contribution in [0.3, 0.4) is 0 Å². The van der Waals surface area contributed by atoms with E-state index in [1.54, 1.807) is 6.07 Å². The lowest BCUT2D eigenvalue weighted by Crippen LogP contribution is -2.25. The number of carbonyl (C=O) groups excluding carboxylic acids is 1. The fourth-order valence-corrected chi connectivity index (χ4v) is 1.92. The van der Waals surface area contributed by atoms with Gasteiger partial charge in [-0.1, -0.05) is 47.0 Å². The molecule has 4 heteroatoms. The molecule has 0 saturated heterocycles. The van der Waals surface area contributed by atoms with Crippen LogP contribution in [0, 0.1) is 0 Å². The van der Waals surface area contributed by atoms with Crippen molar-refractivity contribution in [2.75, 3.05) is 12.3 Å². The predicted molar refractivity (Wildman–Crippen MR) is 83.8 cm³/mol. The first-order chi connectivity index (χ1) is 9.34. The number of nitrogens with two attached hydrogens (primary N) is 1. The molecule has 112 valence electrons. The third-order valence-corrected chi connectivity index (χ3v) is 3.19. The van der Waals surface area contributed by atoms with Crippen LogP contribution < -0.4 is 11.1 Å². The summed E-state index contributed by atoms with van der Waals surface area (Å²) < 4.78 is 0. The van der Waals surface area contributed by atoms with Crippen LogP contribution in [0.25, 0.3) is 0 Å². The molecule has 3 N–H and O–H groups in total. The molecule has 0 aromatic carbocycles. The highest BCUT2D eigenvalue weighted by atomic mass is 16.1. The second-order valence-corrected chi connectivity index (χ2v) is 6.23. The van der Waals surface area contributed by atoms with Crippen molar-refractivity contribution in [1.82, 2.24) is 10.3 Å². The van der Waals surface area contributed by atoms with Gasteiger partial charge >= 0.3 is 0 Å². The molecule has 20 heavy (non-hydrogen) atoms. The molecule has 1 aromatic rings. The maximum absolute atomic E-state index is 12.1. The summed E-state index contributed by atoms with van der Waals surface area (Å²) >= 11 is 0. The molecular weight excluding hydrogens is 250 g/mol. The lowest BCUT2D eigenvalue weighted by Gasteiger charge is -2.19. The van der Waals surface area contributed by atoms with Gasteiger partial charge in [-0.05, 0) is 18.6 Å². The van der Waals surface area contributed by atoms with E-state index in [1.165, 1.54) is 12.8 Å². The van der Waals surface area contributed by atoms with Gasteiger partial charge in [0, 0.05) is 23.2 Å². The van der Waals surface area contributed by atoms with Crippen LogP contribution in [0.5, 0.6) is 0 Å². The van der Waals surface area contributed by atoms with Gasteiger partial charge in [0.1, 0.15) is 5.82 Å². The number of hydrogen-bond acceptors (Lipinski definition) is 3. The van der Waals surface area contributed by atoms with Crippen LogP contribution in [0.2, 0.25) is 0 Å². The molecule has 0 saturated carbocycles. The van der Waals surface area contributed by atoms with Gasteiger partial charge in [-0.3, -0.25) is 4.79 Å². The third-order valence-electron chi connectivity index (χ3n) is 3.19. The summed E-state index contributed by atoms with van der Waals surface area (Å²) in [4.78, 5) is 16.4. The number of carbonyl (C=O) groups is 1. The number of pyridine rings is 1. The first kappa shape index (κ1) is 16.5. The Morgan fingerprint density at radius 2 is 1.95 bits per heavy atom. The summed E-state index contributed by atoms with van der Waals surface area (Å²) in [5, 5.41) is 2.94. The maximum Gasteiger partial charge on any atom is 0.251 e. The Bertz CT molecular complexity index is 450. The van der Waals surface area contributed by atoms with Crippen molar-refractivity contribution in [2.45, 2.75) is 58.8 Å². The Morgan fingerprint density at radius 3 is 2.55 bits per heavy atom.